The van der Waals surface area contributed by atoms with Crippen LogP contribution >= 0.6 is 11.6 Å². The fourth-order valence-corrected chi connectivity index (χ4v) is 1.40. The van der Waals surface area contributed by atoms with E-state index < -0.39 is 17.7 Å². The van der Waals surface area contributed by atoms with Crippen molar-refractivity contribution in [3.63, 3.8) is 0 Å². The van der Waals surface area contributed by atoms with E-state index in [-0.39, 0.29) is 5.56 Å². The normalized spacial score (nSPS) is 12.8. The SMILES string of the molecule is COC(=O)/C=C/C=C(/c1ccc(Cl)cc1)C(F)(F)F. The van der Waals surface area contributed by atoms with Gasteiger partial charge in [0, 0.05) is 11.1 Å². The Hall–Kier alpha value is -1.75. The Morgan fingerprint density at radius 1 is 1.26 bits per heavy atom. The summed E-state index contributed by atoms with van der Waals surface area (Å²) in [6.07, 6.45) is -1.83. The number of hydrogen-bond acceptors (Lipinski definition) is 2. The minimum absolute atomic E-state index is 0.0357. The Bertz CT molecular complexity index is 502. The zero-order valence-electron chi connectivity index (χ0n) is 9.87. The lowest BCUT2D eigenvalue weighted by atomic mass is 10.1. The molecule has 0 unspecified atom stereocenters. The molecule has 1 rings (SSSR count). The molecule has 2 nitrogen and oxygen atoms in total. The van der Waals surface area contributed by atoms with Crippen molar-refractivity contribution in [2.75, 3.05) is 7.11 Å². The molecule has 6 heteroatoms. The highest BCUT2D eigenvalue weighted by atomic mass is 35.5. The molecular formula is C13H10ClF3O2. The fraction of sp³-hybridized carbons (Fsp3) is 0.154. The number of halogens is 4. The fourth-order valence-electron chi connectivity index (χ4n) is 1.27. The maximum atomic E-state index is 12.9. The molecule has 0 atom stereocenters. The van der Waals surface area contributed by atoms with Crippen LogP contribution in [0.1, 0.15) is 5.56 Å². The third-order valence-corrected chi connectivity index (χ3v) is 2.41. The predicted octanol–water partition coefficient (Wildman–Crippen LogP) is 4.01. The molecule has 0 aromatic heterocycles. The molecule has 0 radical (unpaired) electrons. The van der Waals surface area contributed by atoms with Crippen LogP contribution in [-0.4, -0.2) is 19.3 Å². The van der Waals surface area contributed by atoms with Crippen LogP contribution in [0.3, 0.4) is 0 Å². The lowest BCUT2D eigenvalue weighted by Gasteiger charge is -2.11. The Balaban J connectivity index is 3.09. The molecule has 1 aromatic rings. The van der Waals surface area contributed by atoms with Crippen molar-refractivity contribution in [3.05, 3.63) is 53.1 Å². The van der Waals surface area contributed by atoms with Gasteiger partial charge < -0.3 is 4.74 Å². The van der Waals surface area contributed by atoms with Gasteiger partial charge in [-0.05, 0) is 23.8 Å². The van der Waals surface area contributed by atoms with E-state index in [2.05, 4.69) is 4.74 Å². The molecule has 102 valence electrons. The Kier molecular flexibility index (Phi) is 5.18. The van der Waals surface area contributed by atoms with E-state index in [9.17, 15) is 18.0 Å². The number of carbonyl (C=O) groups is 1. The van der Waals surface area contributed by atoms with Gasteiger partial charge >= 0.3 is 12.1 Å². The molecule has 0 aliphatic heterocycles. The van der Waals surface area contributed by atoms with Crippen LogP contribution in [0, 0.1) is 0 Å². The van der Waals surface area contributed by atoms with Gasteiger partial charge in [0.1, 0.15) is 0 Å². The summed E-state index contributed by atoms with van der Waals surface area (Å²) in [5.74, 6) is -0.728. The van der Waals surface area contributed by atoms with Crippen molar-refractivity contribution in [2.24, 2.45) is 0 Å². The van der Waals surface area contributed by atoms with Crippen molar-refractivity contribution in [1.29, 1.82) is 0 Å². The van der Waals surface area contributed by atoms with Gasteiger partial charge in [0.2, 0.25) is 0 Å². The number of alkyl halides is 3. The zero-order valence-corrected chi connectivity index (χ0v) is 10.6. The van der Waals surface area contributed by atoms with E-state index in [0.717, 1.165) is 25.3 Å². The minimum Gasteiger partial charge on any atom is -0.466 e. The molecule has 19 heavy (non-hydrogen) atoms. The van der Waals surface area contributed by atoms with Gasteiger partial charge in [-0.2, -0.15) is 13.2 Å². The van der Waals surface area contributed by atoms with E-state index in [1.54, 1.807) is 0 Å². The second kappa shape index (κ2) is 6.43. The van der Waals surface area contributed by atoms with Gasteiger partial charge in [0.15, 0.2) is 0 Å². The first-order chi connectivity index (χ1) is 8.84. The molecule has 0 aliphatic rings. The van der Waals surface area contributed by atoms with Crippen molar-refractivity contribution >= 4 is 23.1 Å². The van der Waals surface area contributed by atoms with Crippen molar-refractivity contribution in [1.82, 2.24) is 0 Å². The molecule has 0 saturated heterocycles. The Labute approximate surface area is 113 Å². The van der Waals surface area contributed by atoms with Gasteiger partial charge in [-0.3, -0.25) is 0 Å². The van der Waals surface area contributed by atoms with Gasteiger partial charge in [0.05, 0.1) is 12.7 Å². The smallest absolute Gasteiger partial charge is 0.416 e. The summed E-state index contributed by atoms with van der Waals surface area (Å²) in [4.78, 5) is 10.8. The van der Waals surface area contributed by atoms with E-state index in [0.29, 0.717) is 5.02 Å². The van der Waals surface area contributed by atoms with Crippen LogP contribution in [0.5, 0.6) is 0 Å². The number of carbonyl (C=O) groups excluding carboxylic acids is 1. The van der Waals surface area contributed by atoms with Gasteiger partial charge in [-0.15, -0.1) is 0 Å². The summed E-state index contributed by atoms with van der Waals surface area (Å²) in [7, 11) is 1.14. The van der Waals surface area contributed by atoms with E-state index >= 15 is 0 Å². The van der Waals surface area contributed by atoms with Crippen LogP contribution in [0.4, 0.5) is 13.2 Å². The number of allylic oxidation sites excluding steroid dienone is 3. The topological polar surface area (TPSA) is 26.3 Å². The van der Waals surface area contributed by atoms with E-state index in [4.69, 9.17) is 11.6 Å². The molecule has 0 heterocycles. The molecule has 0 fully saturated rings. The third-order valence-electron chi connectivity index (χ3n) is 2.16. The zero-order chi connectivity index (χ0) is 14.5. The molecule has 0 bridgehead atoms. The first kappa shape index (κ1) is 15.3. The molecule has 0 spiro atoms. The number of hydrogen-bond donors (Lipinski definition) is 0. The maximum Gasteiger partial charge on any atom is 0.416 e. The van der Waals surface area contributed by atoms with Gasteiger partial charge in [-0.1, -0.05) is 29.8 Å². The highest BCUT2D eigenvalue weighted by molar-refractivity contribution is 6.30. The van der Waals surface area contributed by atoms with Crippen molar-refractivity contribution < 1.29 is 22.7 Å². The van der Waals surface area contributed by atoms with Crippen LogP contribution in [0.15, 0.2) is 42.5 Å². The summed E-state index contributed by atoms with van der Waals surface area (Å²) >= 11 is 5.62. The summed E-state index contributed by atoms with van der Waals surface area (Å²) in [6, 6.07) is 5.24. The highest BCUT2D eigenvalue weighted by Gasteiger charge is 2.34. The second-order valence-corrected chi connectivity index (χ2v) is 3.90. The minimum atomic E-state index is -4.53. The van der Waals surface area contributed by atoms with Gasteiger partial charge in [0.25, 0.3) is 0 Å². The average molecular weight is 291 g/mol. The summed E-state index contributed by atoms with van der Waals surface area (Å²) < 4.78 is 42.9. The summed E-state index contributed by atoms with van der Waals surface area (Å²) in [6.45, 7) is 0. The number of esters is 1. The van der Waals surface area contributed by atoms with E-state index in [1.165, 1.54) is 24.3 Å². The van der Waals surface area contributed by atoms with Crippen LogP contribution in [-0.2, 0) is 9.53 Å². The number of benzene rings is 1. The highest BCUT2D eigenvalue weighted by Crippen LogP contribution is 2.34. The monoisotopic (exact) mass is 290 g/mol. The standard InChI is InChI=1S/C13H10ClF3O2/c1-19-12(18)4-2-3-11(13(15,16)17)9-5-7-10(14)8-6-9/h2-8H,1H3/b4-2+,11-3-. The molecule has 1 aromatic carbocycles. The van der Waals surface area contributed by atoms with Crippen molar-refractivity contribution in [3.8, 4) is 0 Å². The van der Waals surface area contributed by atoms with Crippen LogP contribution < -0.4 is 0 Å². The molecule has 0 N–H and O–H groups in total. The van der Waals surface area contributed by atoms with Crippen molar-refractivity contribution in [2.45, 2.75) is 6.18 Å². The quantitative estimate of drug-likeness (QED) is 0.477. The maximum absolute atomic E-state index is 12.9. The first-order valence-corrected chi connectivity index (χ1v) is 5.52. The molecule has 0 amide bonds. The van der Waals surface area contributed by atoms with E-state index in [1.807, 2.05) is 0 Å². The second-order valence-electron chi connectivity index (χ2n) is 3.47. The van der Waals surface area contributed by atoms with Gasteiger partial charge in [-0.25, -0.2) is 4.79 Å². The number of ether oxygens (including phenoxy) is 1. The first-order valence-electron chi connectivity index (χ1n) is 5.14. The Morgan fingerprint density at radius 3 is 2.32 bits per heavy atom. The molecule has 0 aliphatic carbocycles. The van der Waals surface area contributed by atoms with Crippen LogP contribution in [0.2, 0.25) is 5.02 Å². The number of rotatable bonds is 3. The summed E-state index contributed by atoms with van der Waals surface area (Å²) in [5, 5.41) is 0.343. The lowest BCUT2D eigenvalue weighted by molar-refractivity contribution is -0.134. The third kappa shape index (κ3) is 4.79. The Morgan fingerprint density at radius 2 is 1.84 bits per heavy atom. The number of methoxy groups -OCH3 is 1. The molecular weight excluding hydrogens is 281 g/mol. The largest absolute Gasteiger partial charge is 0.466 e. The summed E-state index contributed by atoms with van der Waals surface area (Å²) in [5.41, 5.74) is -0.907. The van der Waals surface area contributed by atoms with Crippen LogP contribution in [0.25, 0.3) is 5.57 Å². The lowest BCUT2D eigenvalue weighted by Crippen LogP contribution is -2.10. The molecule has 0 saturated carbocycles. The predicted molar refractivity (Wildman–Crippen MR) is 66.6 cm³/mol. The average Bonchev–Trinajstić information content (AvgIpc) is 2.34.